The minimum absolute atomic E-state index is 0.222. The maximum atomic E-state index is 13.9. The predicted octanol–water partition coefficient (Wildman–Crippen LogP) is 3.75. The summed E-state index contributed by atoms with van der Waals surface area (Å²) < 4.78 is 97.8. The van der Waals surface area contributed by atoms with Gasteiger partial charge in [0, 0.05) is 23.7 Å². The molecule has 14 heteroatoms. The van der Waals surface area contributed by atoms with E-state index in [0.29, 0.717) is 29.1 Å². The predicted molar refractivity (Wildman–Crippen MR) is 123 cm³/mol. The molecule has 36 heavy (non-hydrogen) atoms. The van der Waals surface area contributed by atoms with Crippen LogP contribution in [0.2, 0.25) is 0 Å². The van der Waals surface area contributed by atoms with Gasteiger partial charge in [-0.3, -0.25) is 0 Å². The third-order valence-corrected chi connectivity index (χ3v) is 9.25. The molecule has 1 fully saturated rings. The molecule has 194 valence electrons. The fourth-order valence-electron chi connectivity index (χ4n) is 4.38. The van der Waals surface area contributed by atoms with Crippen molar-refractivity contribution < 1.29 is 39.9 Å². The lowest BCUT2D eigenvalue weighted by Gasteiger charge is -2.28. The number of aromatic nitrogens is 1. The highest BCUT2D eigenvalue weighted by atomic mass is 32.2. The molecule has 4 rings (SSSR count). The first kappa shape index (κ1) is 26.0. The number of benzene rings is 2. The Labute approximate surface area is 205 Å². The summed E-state index contributed by atoms with van der Waals surface area (Å²) >= 11 is 0. The van der Waals surface area contributed by atoms with Crippen LogP contribution in [0.4, 0.5) is 18.0 Å². The van der Waals surface area contributed by atoms with Gasteiger partial charge < -0.3 is 10.4 Å². The van der Waals surface area contributed by atoms with Crippen LogP contribution in [-0.2, 0) is 26.2 Å². The van der Waals surface area contributed by atoms with Crippen molar-refractivity contribution in [3.63, 3.8) is 0 Å². The van der Waals surface area contributed by atoms with Gasteiger partial charge in [-0.1, -0.05) is 24.3 Å². The van der Waals surface area contributed by atoms with Crippen molar-refractivity contribution >= 4 is 37.0 Å². The van der Waals surface area contributed by atoms with E-state index in [9.17, 15) is 34.8 Å². The second-order valence-electron chi connectivity index (χ2n) is 8.42. The summed E-state index contributed by atoms with van der Waals surface area (Å²) in [5.74, 6) is 0. The van der Waals surface area contributed by atoms with Crippen LogP contribution in [0.15, 0.2) is 64.5 Å². The van der Waals surface area contributed by atoms with E-state index in [1.54, 1.807) is 6.07 Å². The van der Waals surface area contributed by atoms with Crippen LogP contribution in [0.5, 0.6) is 0 Å². The lowest BCUT2D eigenvalue weighted by Crippen LogP contribution is -2.43. The van der Waals surface area contributed by atoms with Crippen LogP contribution in [0.25, 0.3) is 10.9 Å². The summed E-state index contributed by atoms with van der Waals surface area (Å²) in [6.07, 6.45) is -4.30. The zero-order valence-electron chi connectivity index (χ0n) is 18.6. The summed E-state index contributed by atoms with van der Waals surface area (Å²) in [6, 6.07) is 8.76. The van der Waals surface area contributed by atoms with Gasteiger partial charge in [0.15, 0.2) is 0 Å². The fourth-order valence-corrected chi connectivity index (χ4v) is 7.36. The Kier molecular flexibility index (Phi) is 6.79. The molecule has 1 aliphatic rings. The molecular formula is C22H22F3N3O6S2. The average Bonchev–Trinajstić information content (AvgIpc) is 3.21. The van der Waals surface area contributed by atoms with Crippen molar-refractivity contribution in [1.82, 2.24) is 14.0 Å². The van der Waals surface area contributed by atoms with Crippen molar-refractivity contribution in [2.45, 2.75) is 53.7 Å². The van der Waals surface area contributed by atoms with E-state index in [2.05, 4.69) is 10.0 Å². The van der Waals surface area contributed by atoms with E-state index < -0.39 is 59.7 Å². The number of nitrogens with one attached hydrogen (secondary N) is 2. The Hall–Kier alpha value is -3.10. The van der Waals surface area contributed by atoms with Crippen LogP contribution in [-0.4, -0.2) is 44.1 Å². The number of amides is 1. The van der Waals surface area contributed by atoms with Crippen molar-refractivity contribution in [2.75, 3.05) is 0 Å². The van der Waals surface area contributed by atoms with E-state index in [4.69, 9.17) is 5.11 Å². The summed E-state index contributed by atoms with van der Waals surface area (Å²) in [4.78, 5) is 9.79. The Balaban J connectivity index is 1.80. The lowest BCUT2D eigenvalue weighted by molar-refractivity contribution is -0.136. The number of carbonyl (C=O) groups is 1. The van der Waals surface area contributed by atoms with Gasteiger partial charge in [-0.15, -0.1) is 0 Å². The molecular weight excluding hydrogens is 523 g/mol. The first-order chi connectivity index (χ1) is 16.8. The summed E-state index contributed by atoms with van der Waals surface area (Å²) in [5, 5.41) is 10.4. The molecule has 3 aromatic rings. The standard InChI is InChI=1S/C22H22F3N3O6S2/c23-22(24,25)17-7-4-8-18-20(17)19(13-28(18)36(33,34)16-5-2-1-3-6-16)35(31,32)27-15-11-9-14(10-12-15)26-21(29)30/h1-8,13-15,26-27H,9-12H2,(H,29,30)/t14-,15-. The Morgan fingerprint density at radius 1 is 0.917 bits per heavy atom. The number of halogens is 3. The number of carboxylic acid groups (broad SMARTS) is 1. The molecule has 9 nitrogen and oxygen atoms in total. The van der Waals surface area contributed by atoms with Crippen LogP contribution >= 0.6 is 0 Å². The molecule has 1 aliphatic carbocycles. The molecule has 0 spiro atoms. The minimum atomic E-state index is -4.95. The maximum Gasteiger partial charge on any atom is 0.417 e. The van der Waals surface area contributed by atoms with E-state index in [1.807, 2.05) is 0 Å². The SMILES string of the molecule is O=C(O)N[C@H]1CC[C@H](NS(=O)(=O)c2cn(S(=O)(=O)c3ccccc3)c3cccc(C(F)(F)F)c23)CC1. The molecule has 0 atom stereocenters. The zero-order chi connectivity index (χ0) is 26.3. The molecule has 0 aliphatic heterocycles. The molecule has 0 bridgehead atoms. The largest absolute Gasteiger partial charge is 0.465 e. The van der Waals surface area contributed by atoms with Crippen molar-refractivity contribution in [1.29, 1.82) is 0 Å². The molecule has 2 aromatic carbocycles. The minimum Gasteiger partial charge on any atom is -0.465 e. The van der Waals surface area contributed by atoms with Crippen LogP contribution < -0.4 is 10.0 Å². The third-order valence-electron chi connectivity index (χ3n) is 6.03. The van der Waals surface area contributed by atoms with Crippen molar-refractivity contribution in [3.05, 3.63) is 60.3 Å². The number of sulfonamides is 1. The first-order valence-corrected chi connectivity index (χ1v) is 13.8. The van der Waals surface area contributed by atoms with Gasteiger partial charge in [-0.05, 0) is 49.9 Å². The highest BCUT2D eigenvalue weighted by molar-refractivity contribution is 7.91. The summed E-state index contributed by atoms with van der Waals surface area (Å²) in [7, 11) is -9.03. The van der Waals surface area contributed by atoms with Crippen LogP contribution in [0.3, 0.4) is 0 Å². The zero-order valence-corrected chi connectivity index (χ0v) is 20.2. The summed E-state index contributed by atoms with van der Waals surface area (Å²) in [6.45, 7) is 0. The number of fused-ring (bicyclic) bond motifs is 1. The van der Waals surface area contributed by atoms with Crippen LogP contribution in [0.1, 0.15) is 31.2 Å². The number of nitrogens with zero attached hydrogens (tertiary/aromatic N) is 1. The third kappa shape index (κ3) is 5.06. The normalized spacial score (nSPS) is 19.3. The van der Waals surface area contributed by atoms with Gasteiger partial charge in [-0.2, -0.15) is 13.2 Å². The highest BCUT2D eigenvalue weighted by Crippen LogP contribution is 2.40. The second kappa shape index (κ2) is 9.41. The van der Waals surface area contributed by atoms with Gasteiger partial charge >= 0.3 is 12.3 Å². The van der Waals surface area contributed by atoms with Crippen molar-refractivity contribution in [3.8, 4) is 0 Å². The van der Waals surface area contributed by atoms with Crippen LogP contribution in [0, 0.1) is 0 Å². The Bertz CT molecular complexity index is 1500. The second-order valence-corrected chi connectivity index (χ2v) is 11.9. The molecule has 1 aromatic heterocycles. The van der Waals surface area contributed by atoms with E-state index in [0.717, 1.165) is 12.1 Å². The van der Waals surface area contributed by atoms with E-state index in [-0.39, 0.29) is 23.8 Å². The topological polar surface area (TPSA) is 135 Å². The van der Waals surface area contributed by atoms with E-state index >= 15 is 0 Å². The van der Waals surface area contributed by atoms with Gasteiger partial charge in [0.05, 0.1) is 16.0 Å². The quantitative estimate of drug-likeness (QED) is 0.432. The molecule has 0 radical (unpaired) electrons. The van der Waals surface area contributed by atoms with Gasteiger partial charge in [0.1, 0.15) is 4.90 Å². The molecule has 1 amide bonds. The highest BCUT2D eigenvalue weighted by Gasteiger charge is 2.38. The molecule has 3 N–H and O–H groups in total. The smallest absolute Gasteiger partial charge is 0.417 e. The molecule has 0 unspecified atom stereocenters. The Morgan fingerprint density at radius 3 is 2.11 bits per heavy atom. The fraction of sp³-hybridized carbons (Fsp3) is 0.318. The van der Waals surface area contributed by atoms with Gasteiger partial charge in [0.2, 0.25) is 10.0 Å². The number of hydrogen-bond acceptors (Lipinski definition) is 5. The lowest BCUT2D eigenvalue weighted by atomic mass is 9.92. The number of alkyl halides is 3. The molecule has 1 saturated carbocycles. The molecule has 0 saturated heterocycles. The van der Waals surface area contributed by atoms with Gasteiger partial charge in [-0.25, -0.2) is 30.3 Å². The molecule has 1 heterocycles. The van der Waals surface area contributed by atoms with Crippen molar-refractivity contribution in [2.24, 2.45) is 0 Å². The monoisotopic (exact) mass is 545 g/mol. The van der Waals surface area contributed by atoms with Gasteiger partial charge in [0.25, 0.3) is 10.0 Å². The van der Waals surface area contributed by atoms with E-state index in [1.165, 1.54) is 24.3 Å². The number of hydrogen-bond donors (Lipinski definition) is 3. The Morgan fingerprint density at radius 2 is 1.53 bits per heavy atom. The first-order valence-electron chi connectivity index (χ1n) is 10.8. The summed E-state index contributed by atoms with van der Waals surface area (Å²) in [5.41, 5.74) is -1.71. The maximum absolute atomic E-state index is 13.9. The number of rotatable bonds is 6. The average molecular weight is 546 g/mol.